The number of hydrogen-bond acceptors (Lipinski definition) is 5. The first kappa shape index (κ1) is 13.3. The van der Waals surface area contributed by atoms with E-state index >= 15 is 0 Å². The maximum atomic E-state index is 12.0. The minimum atomic E-state index is -3.43. The molecule has 0 bridgehead atoms. The van der Waals surface area contributed by atoms with E-state index in [0.29, 0.717) is 0 Å². The fourth-order valence-corrected chi connectivity index (χ4v) is 2.93. The van der Waals surface area contributed by atoms with Crippen LogP contribution in [0.1, 0.15) is 12.8 Å². The second-order valence-electron chi connectivity index (χ2n) is 4.34. The zero-order chi connectivity index (χ0) is 13.0. The number of ether oxygens (including phenoxy) is 1. The van der Waals surface area contributed by atoms with Gasteiger partial charge in [-0.2, -0.15) is 0 Å². The maximum Gasteiger partial charge on any atom is 0.202 e. The summed E-state index contributed by atoms with van der Waals surface area (Å²) >= 11 is 0. The van der Waals surface area contributed by atoms with Gasteiger partial charge in [0, 0.05) is 0 Å². The van der Waals surface area contributed by atoms with Crippen molar-refractivity contribution < 1.29 is 18.3 Å². The van der Waals surface area contributed by atoms with Gasteiger partial charge in [-0.1, -0.05) is 0 Å². The number of phenols is 1. The van der Waals surface area contributed by atoms with Crippen molar-refractivity contribution in [2.24, 2.45) is 0 Å². The number of hydrogen-bond donors (Lipinski definition) is 2. The first-order valence-electron chi connectivity index (χ1n) is 5.92. The topological polar surface area (TPSA) is 75.6 Å². The number of rotatable bonds is 4. The number of piperidine rings is 1. The number of benzene rings is 1. The summed E-state index contributed by atoms with van der Waals surface area (Å²) in [4.78, 5) is 0.175. The Bertz CT molecular complexity index is 477. The molecule has 100 valence electrons. The largest absolute Gasteiger partial charge is 0.508 e. The Balaban J connectivity index is 1.96. The highest BCUT2D eigenvalue weighted by Crippen LogP contribution is 2.17. The van der Waals surface area contributed by atoms with Crippen LogP contribution in [0.5, 0.6) is 5.75 Å². The average Bonchev–Trinajstić information content (AvgIpc) is 2.38. The highest BCUT2D eigenvalue weighted by Gasteiger charge is 2.19. The molecule has 0 aromatic heterocycles. The van der Waals surface area contributed by atoms with Gasteiger partial charge in [0.05, 0.1) is 11.0 Å². The molecule has 2 rings (SSSR count). The van der Waals surface area contributed by atoms with Crippen LogP contribution >= 0.6 is 0 Å². The van der Waals surface area contributed by atoms with Crippen LogP contribution in [0.3, 0.4) is 0 Å². The van der Waals surface area contributed by atoms with E-state index in [1.165, 1.54) is 24.3 Å². The fourth-order valence-electron chi connectivity index (χ4n) is 1.87. The lowest BCUT2D eigenvalue weighted by molar-refractivity contribution is 0.0620. The predicted octanol–water partition coefficient (Wildman–Crippen LogP) is 0.892. The van der Waals surface area contributed by atoms with Gasteiger partial charge in [0.25, 0.3) is 0 Å². The van der Waals surface area contributed by atoms with Crippen molar-refractivity contribution in [2.45, 2.75) is 23.8 Å². The number of phenolic OH excluding ortho intramolecular Hbond substituents is 1. The summed E-state index contributed by atoms with van der Waals surface area (Å²) in [5.41, 5.74) is 0. The molecule has 0 saturated carbocycles. The van der Waals surface area contributed by atoms with Gasteiger partial charge in [0.1, 0.15) is 5.75 Å². The molecule has 1 saturated heterocycles. The molecule has 0 spiro atoms. The van der Waals surface area contributed by atoms with E-state index in [1.807, 2.05) is 0 Å². The number of sulfone groups is 1. The van der Waals surface area contributed by atoms with E-state index in [9.17, 15) is 8.42 Å². The van der Waals surface area contributed by atoms with Crippen LogP contribution in [0, 0.1) is 0 Å². The van der Waals surface area contributed by atoms with Crippen molar-refractivity contribution >= 4 is 9.84 Å². The minimum Gasteiger partial charge on any atom is -0.508 e. The van der Waals surface area contributed by atoms with Crippen LogP contribution in [0.2, 0.25) is 0 Å². The fraction of sp³-hybridized carbons (Fsp3) is 0.500. The van der Waals surface area contributed by atoms with Gasteiger partial charge in [-0.15, -0.1) is 0 Å². The maximum absolute atomic E-state index is 12.0. The van der Waals surface area contributed by atoms with E-state index in [-0.39, 0.29) is 22.7 Å². The Kier molecular flexibility index (Phi) is 4.21. The van der Waals surface area contributed by atoms with Crippen molar-refractivity contribution in [3.8, 4) is 5.75 Å². The molecule has 1 fully saturated rings. The molecular weight excluding hydrogens is 254 g/mol. The van der Waals surface area contributed by atoms with Gasteiger partial charge >= 0.3 is 0 Å². The quantitative estimate of drug-likeness (QED) is 0.850. The second-order valence-corrected chi connectivity index (χ2v) is 6.28. The molecule has 2 N–H and O–H groups in total. The molecule has 1 aliphatic rings. The summed E-state index contributed by atoms with van der Waals surface area (Å²) in [6, 6.07) is 5.49. The molecule has 1 heterocycles. The molecular formula is C12H17NO4S. The Hall–Kier alpha value is -1.11. The molecule has 5 nitrogen and oxygen atoms in total. The monoisotopic (exact) mass is 271 g/mol. The van der Waals surface area contributed by atoms with E-state index in [2.05, 4.69) is 5.32 Å². The first-order chi connectivity index (χ1) is 8.58. The summed E-state index contributed by atoms with van der Waals surface area (Å²) in [5.74, 6) is -0.254. The van der Waals surface area contributed by atoms with Crippen LogP contribution < -0.4 is 5.32 Å². The zero-order valence-corrected chi connectivity index (χ0v) is 10.8. The predicted molar refractivity (Wildman–Crippen MR) is 67.1 cm³/mol. The van der Waals surface area contributed by atoms with Gasteiger partial charge in [0.2, 0.25) is 9.84 Å². The molecule has 0 unspecified atom stereocenters. The molecule has 0 aliphatic carbocycles. The van der Waals surface area contributed by atoms with Crippen molar-refractivity contribution in [3.63, 3.8) is 0 Å². The van der Waals surface area contributed by atoms with Crippen molar-refractivity contribution in [1.82, 2.24) is 5.32 Å². The lowest BCUT2D eigenvalue weighted by Gasteiger charge is -2.22. The molecule has 0 amide bonds. The summed E-state index contributed by atoms with van der Waals surface area (Å²) in [5, 5.41) is 12.3. The lowest BCUT2D eigenvalue weighted by atomic mass is 10.1. The van der Waals surface area contributed by atoms with Gasteiger partial charge in [-0.3, -0.25) is 0 Å². The van der Waals surface area contributed by atoms with Crippen LogP contribution in [-0.2, 0) is 14.6 Å². The van der Waals surface area contributed by atoms with Gasteiger partial charge < -0.3 is 15.2 Å². The van der Waals surface area contributed by atoms with Crippen LogP contribution in [0.4, 0.5) is 0 Å². The third-order valence-electron chi connectivity index (χ3n) is 2.94. The van der Waals surface area contributed by atoms with E-state index in [1.54, 1.807) is 0 Å². The normalized spacial score (nSPS) is 17.8. The third-order valence-corrected chi connectivity index (χ3v) is 4.38. The summed E-state index contributed by atoms with van der Waals surface area (Å²) in [7, 11) is -3.43. The average molecular weight is 271 g/mol. The highest BCUT2D eigenvalue weighted by atomic mass is 32.2. The summed E-state index contributed by atoms with van der Waals surface area (Å²) in [6.45, 7) is 1.73. The standard InChI is InChI=1S/C12H17NO4S/c14-10-1-3-12(4-2-10)18(15,16)9-17-11-5-7-13-8-6-11/h1-4,11,13-14H,5-9H2. The summed E-state index contributed by atoms with van der Waals surface area (Å²) in [6.07, 6.45) is 1.69. The van der Waals surface area contributed by atoms with E-state index in [0.717, 1.165) is 25.9 Å². The van der Waals surface area contributed by atoms with Gasteiger partial charge in [-0.25, -0.2) is 8.42 Å². The molecule has 18 heavy (non-hydrogen) atoms. The number of nitrogens with one attached hydrogen (secondary N) is 1. The Labute approximate surface area is 107 Å². The highest BCUT2D eigenvalue weighted by molar-refractivity contribution is 7.91. The van der Waals surface area contributed by atoms with Crippen LogP contribution in [0.25, 0.3) is 0 Å². The lowest BCUT2D eigenvalue weighted by Crippen LogP contribution is -2.33. The van der Waals surface area contributed by atoms with Gasteiger partial charge in [0.15, 0.2) is 5.94 Å². The molecule has 1 aromatic carbocycles. The molecule has 0 radical (unpaired) electrons. The summed E-state index contributed by atoms with van der Waals surface area (Å²) < 4.78 is 29.4. The first-order valence-corrected chi connectivity index (χ1v) is 7.57. The van der Waals surface area contributed by atoms with Crippen molar-refractivity contribution in [3.05, 3.63) is 24.3 Å². The Morgan fingerprint density at radius 2 is 1.83 bits per heavy atom. The smallest absolute Gasteiger partial charge is 0.202 e. The zero-order valence-electron chi connectivity index (χ0n) is 10.0. The second kappa shape index (κ2) is 5.69. The molecule has 6 heteroatoms. The SMILES string of the molecule is O=S(=O)(COC1CCNCC1)c1ccc(O)cc1. The van der Waals surface area contributed by atoms with Gasteiger partial charge in [-0.05, 0) is 50.2 Å². The minimum absolute atomic E-state index is 0.0122. The number of aromatic hydroxyl groups is 1. The van der Waals surface area contributed by atoms with Crippen LogP contribution in [-0.4, -0.2) is 38.7 Å². The Morgan fingerprint density at radius 3 is 2.44 bits per heavy atom. The third kappa shape index (κ3) is 3.44. The van der Waals surface area contributed by atoms with E-state index in [4.69, 9.17) is 9.84 Å². The van der Waals surface area contributed by atoms with Crippen molar-refractivity contribution in [1.29, 1.82) is 0 Å². The van der Waals surface area contributed by atoms with Crippen molar-refractivity contribution in [2.75, 3.05) is 19.0 Å². The molecule has 1 aliphatic heterocycles. The molecule has 1 aromatic rings. The van der Waals surface area contributed by atoms with E-state index < -0.39 is 9.84 Å². The Morgan fingerprint density at radius 1 is 1.22 bits per heavy atom. The molecule has 0 atom stereocenters. The van der Waals surface area contributed by atoms with Crippen LogP contribution in [0.15, 0.2) is 29.2 Å².